The average Bonchev–Trinajstić information content (AvgIpc) is 3.45. The molecule has 0 aliphatic carbocycles. The largest absolute Gasteiger partial charge is 0.460 e. The van der Waals surface area contributed by atoms with Crippen LogP contribution in [0.3, 0.4) is 0 Å². The van der Waals surface area contributed by atoms with Crippen LogP contribution in [0.25, 0.3) is 0 Å². The minimum absolute atomic E-state index is 0.0793. The number of anilines is 2. The number of halogens is 1. The first-order valence-electron chi connectivity index (χ1n) is 11.6. The van der Waals surface area contributed by atoms with Gasteiger partial charge in [0.05, 0.1) is 31.1 Å². The number of cyclic esters (lactones) is 1. The number of benzene rings is 1. The van der Waals surface area contributed by atoms with Gasteiger partial charge in [-0.3, -0.25) is 9.69 Å². The lowest BCUT2D eigenvalue weighted by Gasteiger charge is -2.34. The third kappa shape index (κ3) is 5.66. The van der Waals surface area contributed by atoms with Crippen LogP contribution in [-0.2, 0) is 20.8 Å². The lowest BCUT2D eigenvalue weighted by atomic mass is 9.96. The van der Waals surface area contributed by atoms with Gasteiger partial charge >= 0.3 is 12.1 Å². The molecule has 2 aromatic rings. The maximum Gasteiger partial charge on any atom is 0.414 e. The average molecular weight is 490 g/mol. The summed E-state index contributed by atoms with van der Waals surface area (Å²) in [6, 6.07) is 4.69. The van der Waals surface area contributed by atoms with Crippen molar-refractivity contribution in [1.82, 2.24) is 25.5 Å². The molecule has 35 heavy (non-hydrogen) atoms. The number of carbonyl (C=O) groups is 3. The number of ether oxygens (including phenoxy) is 2. The van der Waals surface area contributed by atoms with Crippen molar-refractivity contribution in [2.45, 2.75) is 39.3 Å². The molecule has 1 atom stereocenters. The lowest BCUT2D eigenvalue weighted by Crippen LogP contribution is -2.36. The van der Waals surface area contributed by atoms with Crippen LogP contribution in [0.4, 0.5) is 20.6 Å². The number of tetrazole rings is 1. The van der Waals surface area contributed by atoms with E-state index in [0.717, 1.165) is 12.8 Å². The van der Waals surface area contributed by atoms with Gasteiger partial charge in [-0.15, -0.1) is 5.10 Å². The number of nitrogens with zero attached hydrogens (tertiary/aromatic N) is 6. The van der Waals surface area contributed by atoms with Crippen LogP contribution in [0.2, 0.25) is 0 Å². The van der Waals surface area contributed by atoms with E-state index in [1.54, 1.807) is 19.1 Å². The zero-order valence-electron chi connectivity index (χ0n) is 19.6. The fourth-order valence-corrected chi connectivity index (χ4v) is 4.29. The number of carbonyl (C=O) groups excluding carboxylic acids is 3. The van der Waals surface area contributed by atoms with E-state index >= 15 is 4.39 Å². The third-order valence-corrected chi connectivity index (χ3v) is 6.07. The van der Waals surface area contributed by atoms with Crippen molar-refractivity contribution in [2.75, 3.05) is 42.6 Å². The molecular weight excluding hydrogens is 461 g/mol. The molecule has 1 unspecified atom stereocenters. The van der Waals surface area contributed by atoms with E-state index in [2.05, 4.69) is 20.8 Å². The number of hydrogen-bond donors (Lipinski definition) is 1. The molecule has 12 nitrogen and oxygen atoms in total. The first-order valence-corrected chi connectivity index (χ1v) is 11.6. The smallest absolute Gasteiger partial charge is 0.414 e. The number of rotatable bonds is 8. The summed E-state index contributed by atoms with van der Waals surface area (Å²) >= 11 is 0. The molecule has 188 valence electrons. The van der Waals surface area contributed by atoms with Gasteiger partial charge in [0.15, 0.2) is 0 Å². The molecule has 2 amide bonds. The summed E-state index contributed by atoms with van der Waals surface area (Å²) < 4.78 is 26.7. The van der Waals surface area contributed by atoms with E-state index in [4.69, 9.17) is 9.47 Å². The van der Waals surface area contributed by atoms with Crippen molar-refractivity contribution in [3.05, 3.63) is 29.8 Å². The summed E-state index contributed by atoms with van der Waals surface area (Å²) in [6.07, 6.45) is 0.481. The summed E-state index contributed by atoms with van der Waals surface area (Å²) in [5.41, 5.74) is 0.867. The monoisotopic (exact) mass is 489 g/mol. The highest BCUT2D eigenvalue weighted by Gasteiger charge is 2.33. The number of nitrogens with one attached hydrogen (secondary N) is 1. The summed E-state index contributed by atoms with van der Waals surface area (Å²) in [7, 11) is 0. The first-order chi connectivity index (χ1) is 16.9. The Morgan fingerprint density at radius 3 is 2.74 bits per heavy atom. The second-order valence-corrected chi connectivity index (χ2v) is 8.52. The quantitative estimate of drug-likeness (QED) is 0.546. The van der Waals surface area contributed by atoms with Crippen molar-refractivity contribution in [3.8, 4) is 0 Å². The minimum Gasteiger partial charge on any atom is -0.460 e. The molecule has 13 heteroatoms. The molecule has 1 N–H and O–H groups in total. The van der Waals surface area contributed by atoms with Crippen LogP contribution in [0.1, 0.15) is 37.3 Å². The molecule has 2 aliphatic rings. The molecular formula is C22H28FN7O5. The van der Waals surface area contributed by atoms with Gasteiger partial charge in [-0.2, -0.15) is 0 Å². The predicted molar refractivity (Wildman–Crippen MR) is 121 cm³/mol. The van der Waals surface area contributed by atoms with E-state index in [-0.39, 0.29) is 37.3 Å². The Morgan fingerprint density at radius 1 is 1.29 bits per heavy atom. The molecule has 2 saturated heterocycles. The number of esters is 1. The molecule has 0 radical (unpaired) electrons. The van der Waals surface area contributed by atoms with E-state index < -0.39 is 24.0 Å². The number of amides is 2. The molecule has 1 aromatic heterocycles. The SMILES string of the molecule is CCOC(=O)c1nnnn1CC1CCN(c2ccc(N3CC(CNC(C)=O)OC3=O)cc2F)CC1. The van der Waals surface area contributed by atoms with Crippen LogP contribution < -0.4 is 15.1 Å². The Morgan fingerprint density at radius 2 is 2.06 bits per heavy atom. The van der Waals surface area contributed by atoms with E-state index in [1.807, 2.05) is 4.90 Å². The molecule has 2 fully saturated rings. The second-order valence-electron chi connectivity index (χ2n) is 8.52. The number of hydrogen-bond acceptors (Lipinski definition) is 9. The normalized spacial score (nSPS) is 18.5. The molecule has 0 bridgehead atoms. The maximum atomic E-state index is 15.0. The van der Waals surface area contributed by atoms with Gasteiger partial charge in [0.2, 0.25) is 5.91 Å². The third-order valence-electron chi connectivity index (χ3n) is 6.07. The first kappa shape index (κ1) is 24.4. The predicted octanol–water partition coefficient (Wildman–Crippen LogP) is 1.37. The van der Waals surface area contributed by atoms with Gasteiger partial charge in [-0.25, -0.2) is 18.7 Å². The van der Waals surface area contributed by atoms with Gasteiger partial charge in [0.1, 0.15) is 11.9 Å². The van der Waals surface area contributed by atoms with Gasteiger partial charge in [0.25, 0.3) is 5.82 Å². The minimum atomic E-state index is -0.571. The summed E-state index contributed by atoms with van der Waals surface area (Å²) in [6.45, 7) is 5.52. The second kappa shape index (κ2) is 10.7. The van der Waals surface area contributed by atoms with E-state index in [0.29, 0.717) is 31.0 Å². The fraction of sp³-hybridized carbons (Fsp3) is 0.545. The standard InChI is InChI=1S/C22H28FN7O5/c1-3-34-21(32)20-25-26-27-30(20)12-15-6-8-28(9-7-15)19-5-4-16(10-18(19)23)29-13-17(35-22(29)33)11-24-14(2)31/h4-5,10,15,17H,3,6-9,11-13H2,1-2H3,(H,24,31). The highest BCUT2D eigenvalue weighted by Crippen LogP contribution is 2.30. The Hall–Kier alpha value is -3.77. The van der Waals surface area contributed by atoms with E-state index in [1.165, 1.54) is 22.6 Å². The van der Waals surface area contributed by atoms with Crippen molar-refractivity contribution in [1.29, 1.82) is 0 Å². The van der Waals surface area contributed by atoms with Crippen LogP contribution in [0, 0.1) is 11.7 Å². The van der Waals surface area contributed by atoms with Crippen molar-refractivity contribution < 1.29 is 28.2 Å². The summed E-state index contributed by atoms with van der Waals surface area (Å²) in [4.78, 5) is 38.6. The highest BCUT2D eigenvalue weighted by atomic mass is 19.1. The fourth-order valence-electron chi connectivity index (χ4n) is 4.29. The maximum absolute atomic E-state index is 15.0. The highest BCUT2D eigenvalue weighted by molar-refractivity contribution is 5.90. The van der Waals surface area contributed by atoms with Crippen molar-refractivity contribution in [2.24, 2.45) is 5.92 Å². The van der Waals surface area contributed by atoms with Gasteiger partial charge in [-0.05, 0) is 54.3 Å². The zero-order valence-corrected chi connectivity index (χ0v) is 19.6. The summed E-state index contributed by atoms with van der Waals surface area (Å²) in [5, 5.41) is 13.9. The van der Waals surface area contributed by atoms with E-state index in [9.17, 15) is 14.4 Å². The summed E-state index contributed by atoms with van der Waals surface area (Å²) in [5.74, 6) is -0.888. The molecule has 4 rings (SSSR count). The topological polar surface area (TPSA) is 132 Å². The van der Waals surface area contributed by atoms with Crippen LogP contribution in [-0.4, -0.2) is 77.1 Å². The van der Waals surface area contributed by atoms with Crippen LogP contribution >= 0.6 is 0 Å². The molecule has 2 aliphatic heterocycles. The van der Waals surface area contributed by atoms with Crippen molar-refractivity contribution in [3.63, 3.8) is 0 Å². The molecule has 1 aromatic carbocycles. The number of aromatic nitrogens is 4. The molecule has 0 spiro atoms. The Kier molecular flexibility index (Phi) is 7.42. The van der Waals surface area contributed by atoms with Gasteiger partial charge in [-0.1, -0.05) is 0 Å². The van der Waals surface area contributed by atoms with Crippen molar-refractivity contribution >= 4 is 29.3 Å². The Balaban J connectivity index is 1.34. The van der Waals surface area contributed by atoms with Crippen LogP contribution in [0.15, 0.2) is 18.2 Å². The Labute approximate surface area is 201 Å². The molecule has 3 heterocycles. The molecule has 0 saturated carbocycles. The van der Waals surface area contributed by atoms with Gasteiger partial charge in [0, 0.05) is 26.6 Å². The lowest BCUT2D eigenvalue weighted by molar-refractivity contribution is -0.119. The number of piperidine rings is 1. The van der Waals surface area contributed by atoms with Gasteiger partial charge < -0.3 is 19.7 Å². The zero-order chi connectivity index (χ0) is 24.9. The van der Waals surface area contributed by atoms with Crippen LogP contribution in [0.5, 0.6) is 0 Å². The Bertz CT molecular complexity index is 1090.